The maximum Gasteiger partial charge on any atom is 0.317 e. The van der Waals surface area contributed by atoms with Gasteiger partial charge in [0.25, 0.3) is 0 Å². The number of hydrogen-bond donors (Lipinski definition) is 2. The van der Waals surface area contributed by atoms with E-state index in [1.807, 2.05) is 30.3 Å². The minimum absolute atomic E-state index is 0.0333. The molecule has 0 unspecified atom stereocenters. The zero-order chi connectivity index (χ0) is 15.4. The highest BCUT2D eigenvalue weighted by atomic mass is 16.3. The van der Waals surface area contributed by atoms with E-state index >= 15 is 0 Å². The van der Waals surface area contributed by atoms with Crippen LogP contribution in [-0.2, 0) is 6.54 Å². The molecule has 3 rings (SSSR count). The molecule has 1 aromatic carbocycles. The standard InChI is InChI=1S/C17H21N3O2/c21-12-14-5-3-4-10-20(14)17(22)19-11-13-8-9-18-16-7-2-1-6-15(13)16/h1-2,6-9,14,21H,3-5,10-12H2,(H,19,22)/t14-/m0/s1. The highest BCUT2D eigenvalue weighted by molar-refractivity contribution is 5.82. The van der Waals surface area contributed by atoms with Gasteiger partial charge in [-0.25, -0.2) is 4.79 Å². The van der Waals surface area contributed by atoms with Crippen molar-refractivity contribution < 1.29 is 9.90 Å². The summed E-state index contributed by atoms with van der Waals surface area (Å²) in [4.78, 5) is 18.4. The van der Waals surface area contributed by atoms with E-state index in [1.165, 1.54) is 0 Å². The van der Waals surface area contributed by atoms with E-state index in [2.05, 4.69) is 10.3 Å². The predicted octanol–water partition coefficient (Wildman–Crippen LogP) is 2.29. The molecule has 1 fully saturated rings. The number of aliphatic hydroxyl groups excluding tert-OH is 1. The van der Waals surface area contributed by atoms with Gasteiger partial charge in [-0.3, -0.25) is 4.98 Å². The van der Waals surface area contributed by atoms with E-state index < -0.39 is 0 Å². The number of carbonyl (C=O) groups is 1. The zero-order valence-electron chi connectivity index (χ0n) is 12.5. The number of hydrogen-bond acceptors (Lipinski definition) is 3. The van der Waals surface area contributed by atoms with Crippen LogP contribution in [0.1, 0.15) is 24.8 Å². The number of aliphatic hydroxyl groups is 1. The molecule has 5 nitrogen and oxygen atoms in total. The Bertz CT molecular complexity index is 654. The molecular formula is C17H21N3O2. The van der Waals surface area contributed by atoms with Crippen molar-refractivity contribution in [1.82, 2.24) is 15.2 Å². The monoisotopic (exact) mass is 299 g/mol. The number of para-hydroxylation sites is 1. The predicted molar refractivity (Wildman–Crippen MR) is 85.4 cm³/mol. The number of aromatic nitrogens is 1. The highest BCUT2D eigenvalue weighted by Gasteiger charge is 2.25. The lowest BCUT2D eigenvalue weighted by atomic mass is 10.0. The van der Waals surface area contributed by atoms with Crippen LogP contribution in [0.4, 0.5) is 4.79 Å². The van der Waals surface area contributed by atoms with Gasteiger partial charge in [0.1, 0.15) is 0 Å². The molecule has 1 aliphatic heterocycles. The summed E-state index contributed by atoms with van der Waals surface area (Å²) < 4.78 is 0. The largest absolute Gasteiger partial charge is 0.394 e. The zero-order valence-corrected chi connectivity index (χ0v) is 12.5. The number of nitrogens with zero attached hydrogens (tertiary/aromatic N) is 2. The normalized spacial score (nSPS) is 18.4. The van der Waals surface area contributed by atoms with Gasteiger partial charge in [0, 0.05) is 24.7 Å². The summed E-state index contributed by atoms with van der Waals surface area (Å²) in [5.74, 6) is 0. The Kier molecular flexibility index (Phi) is 4.53. The third-order valence-electron chi connectivity index (χ3n) is 4.27. The quantitative estimate of drug-likeness (QED) is 0.914. The molecule has 2 amide bonds. The van der Waals surface area contributed by atoms with E-state index in [9.17, 15) is 9.90 Å². The first-order valence-electron chi connectivity index (χ1n) is 7.77. The number of urea groups is 1. The third-order valence-corrected chi connectivity index (χ3v) is 4.27. The number of fused-ring (bicyclic) bond motifs is 1. The number of nitrogens with one attached hydrogen (secondary N) is 1. The Morgan fingerprint density at radius 3 is 3.05 bits per heavy atom. The number of likely N-dealkylation sites (tertiary alicyclic amines) is 1. The van der Waals surface area contributed by atoms with Crippen LogP contribution in [0.5, 0.6) is 0 Å². The van der Waals surface area contributed by atoms with Gasteiger partial charge in [-0.1, -0.05) is 18.2 Å². The van der Waals surface area contributed by atoms with Crippen molar-refractivity contribution >= 4 is 16.9 Å². The molecule has 1 atom stereocenters. The number of rotatable bonds is 3. The summed E-state index contributed by atoms with van der Waals surface area (Å²) in [5, 5.41) is 13.4. The number of amides is 2. The molecule has 116 valence electrons. The Balaban J connectivity index is 1.69. The molecule has 0 radical (unpaired) electrons. The maximum absolute atomic E-state index is 12.4. The SMILES string of the molecule is O=C(NCc1ccnc2ccccc12)N1CCCC[C@H]1CO. The Hall–Kier alpha value is -2.14. The summed E-state index contributed by atoms with van der Waals surface area (Å²) >= 11 is 0. The van der Waals surface area contributed by atoms with Gasteiger partial charge < -0.3 is 15.3 Å². The minimum Gasteiger partial charge on any atom is -0.394 e. The van der Waals surface area contributed by atoms with E-state index in [4.69, 9.17) is 0 Å². The third kappa shape index (κ3) is 3.04. The molecule has 1 aromatic heterocycles. The van der Waals surface area contributed by atoms with Crippen LogP contribution < -0.4 is 5.32 Å². The molecular weight excluding hydrogens is 278 g/mol. The maximum atomic E-state index is 12.4. The molecule has 22 heavy (non-hydrogen) atoms. The van der Waals surface area contributed by atoms with Gasteiger partial charge >= 0.3 is 6.03 Å². The van der Waals surface area contributed by atoms with Crippen LogP contribution in [0.2, 0.25) is 0 Å². The first-order chi connectivity index (χ1) is 10.8. The van der Waals surface area contributed by atoms with E-state index in [0.29, 0.717) is 13.1 Å². The summed E-state index contributed by atoms with van der Waals surface area (Å²) in [6.07, 6.45) is 4.72. The van der Waals surface area contributed by atoms with Gasteiger partial charge in [0.2, 0.25) is 0 Å². The lowest BCUT2D eigenvalue weighted by Crippen LogP contribution is -2.49. The van der Waals surface area contributed by atoms with Crippen LogP contribution in [-0.4, -0.2) is 40.2 Å². The van der Waals surface area contributed by atoms with Crippen molar-refractivity contribution in [1.29, 1.82) is 0 Å². The first kappa shape index (κ1) is 14.8. The number of pyridine rings is 1. The second-order valence-electron chi connectivity index (χ2n) is 5.67. The second kappa shape index (κ2) is 6.75. The van der Waals surface area contributed by atoms with Gasteiger partial charge in [-0.05, 0) is 37.0 Å². The molecule has 2 aromatic rings. The smallest absolute Gasteiger partial charge is 0.317 e. The molecule has 0 aliphatic carbocycles. The van der Waals surface area contributed by atoms with Crippen LogP contribution >= 0.6 is 0 Å². The van der Waals surface area contributed by atoms with E-state index in [0.717, 1.165) is 35.7 Å². The van der Waals surface area contributed by atoms with Gasteiger partial charge in [0.15, 0.2) is 0 Å². The van der Waals surface area contributed by atoms with Crippen molar-refractivity contribution in [2.75, 3.05) is 13.2 Å². The molecule has 0 bridgehead atoms. The molecule has 0 saturated carbocycles. The van der Waals surface area contributed by atoms with Gasteiger partial charge in [-0.2, -0.15) is 0 Å². The fourth-order valence-electron chi connectivity index (χ4n) is 3.04. The van der Waals surface area contributed by atoms with Crippen molar-refractivity contribution in [3.8, 4) is 0 Å². The van der Waals surface area contributed by atoms with Crippen LogP contribution in [0.25, 0.3) is 10.9 Å². The number of benzene rings is 1. The van der Waals surface area contributed by atoms with Crippen molar-refractivity contribution in [3.63, 3.8) is 0 Å². The fourth-order valence-corrected chi connectivity index (χ4v) is 3.04. The first-order valence-corrected chi connectivity index (χ1v) is 7.77. The Morgan fingerprint density at radius 2 is 2.18 bits per heavy atom. The topological polar surface area (TPSA) is 65.5 Å². The molecule has 1 aliphatic rings. The summed E-state index contributed by atoms with van der Waals surface area (Å²) in [5.41, 5.74) is 1.98. The average molecular weight is 299 g/mol. The molecule has 2 heterocycles. The average Bonchev–Trinajstić information content (AvgIpc) is 2.59. The molecule has 0 spiro atoms. The van der Waals surface area contributed by atoms with E-state index in [-0.39, 0.29) is 18.7 Å². The van der Waals surface area contributed by atoms with Crippen LogP contribution in [0, 0.1) is 0 Å². The highest BCUT2D eigenvalue weighted by Crippen LogP contribution is 2.18. The molecule has 5 heteroatoms. The molecule has 1 saturated heterocycles. The molecule has 2 N–H and O–H groups in total. The Labute approximate surface area is 130 Å². The van der Waals surface area contributed by atoms with Crippen molar-refractivity contribution in [3.05, 3.63) is 42.1 Å². The lowest BCUT2D eigenvalue weighted by Gasteiger charge is -2.34. The summed E-state index contributed by atoms with van der Waals surface area (Å²) in [6, 6.07) is 9.69. The van der Waals surface area contributed by atoms with Crippen LogP contribution in [0.15, 0.2) is 36.5 Å². The van der Waals surface area contributed by atoms with Gasteiger partial charge in [-0.15, -0.1) is 0 Å². The second-order valence-corrected chi connectivity index (χ2v) is 5.67. The number of carbonyl (C=O) groups excluding carboxylic acids is 1. The van der Waals surface area contributed by atoms with Crippen LogP contribution in [0.3, 0.4) is 0 Å². The fraction of sp³-hybridized carbons (Fsp3) is 0.412. The lowest BCUT2D eigenvalue weighted by molar-refractivity contribution is 0.108. The summed E-state index contributed by atoms with van der Waals surface area (Å²) in [6.45, 7) is 1.22. The Morgan fingerprint density at radius 1 is 1.32 bits per heavy atom. The minimum atomic E-state index is -0.0976. The van der Waals surface area contributed by atoms with Gasteiger partial charge in [0.05, 0.1) is 18.2 Å². The number of piperidine rings is 1. The summed E-state index contributed by atoms with van der Waals surface area (Å²) in [7, 11) is 0. The van der Waals surface area contributed by atoms with Crippen molar-refractivity contribution in [2.24, 2.45) is 0 Å². The van der Waals surface area contributed by atoms with Crippen molar-refractivity contribution in [2.45, 2.75) is 31.8 Å². The van der Waals surface area contributed by atoms with E-state index in [1.54, 1.807) is 11.1 Å².